The monoisotopic (exact) mass is 271 g/mol. The van der Waals surface area contributed by atoms with Crippen molar-refractivity contribution in [2.45, 2.75) is 13.1 Å². The Hall–Kier alpha value is -2.56. The van der Waals surface area contributed by atoms with E-state index in [0.717, 1.165) is 16.8 Å². The second kappa shape index (κ2) is 7.13. The van der Waals surface area contributed by atoms with Crippen molar-refractivity contribution >= 4 is 12.1 Å². The lowest BCUT2D eigenvalue weighted by atomic mass is 10.2. The number of methoxy groups -OCH3 is 1. The standard InChI is InChI=1S/C15H17N3O2/c1-20-15-8-13(5-6-17-15)10-18-14-4-2-3-12(7-14)9-16-11-19/h2-8,11,18H,9-10H2,1H3,(H,16,19). The van der Waals surface area contributed by atoms with Gasteiger partial charge in [0.05, 0.1) is 7.11 Å². The predicted octanol–water partition coefficient (Wildman–Crippen LogP) is 1.95. The highest BCUT2D eigenvalue weighted by Crippen LogP contribution is 2.14. The summed E-state index contributed by atoms with van der Waals surface area (Å²) in [6.45, 7) is 1.21. The number of ether oxygens (including phenoxy) is 1. The maximum atomic E-state index is 10.3. The molecule has 5 heteroatoms. The van der Waals surface area contributed by atoms with Crippen molar-refractivity contribution in [3.05, 3.63) is 53.7 Å². The second-order valence-corrected chi connectivity index (χ2v) is 4.26. The van der Waals surface area contributed by atoms with Gasteiger partial charge in [-0.15, -0.1) is 0 Å². The Morgan fingerprint density at radius 1 is 1.20 bits per heavy atom. The summed E-state index contributed by atoms with van der Waals surface area (Å²) in [6, 6.07) is 11.8. The third-order valence-corrected chi connectivity index (χ3v) is 2.82. The number of hydrogen-bond donors (Lipinski definition) is 2. The van der Waals surface area contributed by atoms with Crippen molar-refractivity contribution in [1.82, 2.24) is 10.3 Å². The Kier molecular flexibility index (Phi) is 4.94. The second-order valence-electron chi connectivity index (χ2n) is 4.26. The first-order valence-corrected chi connectivity index (χ1v) is 6.30. The number of anilines is 1. The molecule has 0 aliphatic carbocycles. The number of nitrogens with zero attached hydrogens (tertiary/aromatic N) is 1. The quantitative estimate of drug-likeness (QED) is 0.756. The zero-order valence-corrected chi connectivity index (χ0v) is 11.3. The first-order valence-electron chi connectivity index (χ1n) is 6.30. The smallest absolute Gasteiger partial charge is 0.213 e. The van der Waals surface area contributed by atoms with Crippen LogP contribution in [0.4, 0.5) is 5.69 Å². The summed E-state index contributed by atoms with van der Waals surface area (Å²) in [5.41, 5.74) is 3.15. The van der Waals surface area contributed by atoms with Crippen LogP contribution in [0, 0.1) is 0 Å². The molecule has 1 aromatic carbocycles. The Bertz CT molecular complexity index is 573. The molecule has 0 unspecified atom stereocenters. The third-order valence-electron chi connectivity index (χ3n) is 2.82. The summed E-state index contributed by atoms with van der Waals surface area (Å²) in [7, 11) is 1.60. The van der Waals surface area contributed by atoms with Crippen LogP contribution in [0.15, 0.2) is 42.6 Å². The molecule has 2 rings (SSSR count). The first kappa shape index (κ1) is 13.9. The molecule has 0 bridgehead atoms. The minimum Gasteiger partial charge on any atom is -0.481 e. The molecular weight excluding hydrogens is 254 g/mol. The fraction of sp³-hybridized carbons (Fsp3) is 0.200. The Labute approximate surface area is 118 Å². The van der Waals surface area contributed by atoms with Crippen LogP contribution in [-0.4, -0.2) is 18.5 Å². The van der Waals surface area contributed by atoms with Gasteiger partial charge >= 0.3 is 0 Å². The van der Waals surface area contributed by atoms with Crippen molar-refractivity contribution in [3.63, 3.8) is 0 Å². The number of benzene rings is 1. The average molecular weight is 271 g/mol. The lowest BCUT2D eigenvalue weighted by molar-refractivity contribution is -0.109. The van der Waals surface area contributed by atoms with Crippen LogP contribution >= 0.6 is 0 Å². The van der Waals surface area contributed by atoms with Gasteiger partial charge in [0.25, 0.3) is 0 Å². The number of nitrogens with one attached hydrogen (secondary N) is 2. The van der Waals surface area contributed by atoms with E-state index in [2.05, 4.69) is 15.6 Å². The molecule has 0 spiro atoms. The molecule has 104 valence electrons. The molecule has 1 amide bonds. The zero-order chi connectivity index (χ0) is 14.2. The number of aromatic nitrogens is 1. The van der Waals surface area contributed by atoms with Gasteiger partial charge in [-0.25, -0.2) is 4.98 Å². The van der Waals surface area contributed by atoms with Crippen molar-refractivity contribution in [3.8, 4) is 5.88 Å². The summed E-state index contributed by atoms with van der Waals surface area (Å²) in [5.74, 6) is 0.605. The maximum Gasteiger partial charge on any atom is 0.213 e. The van der Waals surface area contributed by atoms with E-state index in [1.807, 2.05) is 36.4 Å². The van der Waals surface area contributed by atoms with Gasteiger partial charge in [0, 0.05) is 31.0 Å². The number of rotatable bonds is 7. The highest BCUT2D eigenvalue weighted by molar-refractivity contribution is 5.49. The highest BCUT2D eigenvalue weighted by Gasteiger charge is 1.99. The van der Waals surface area contributed by atoms with Crippen LogP contribution in [0.25, 0.3) is 0 Å². The SMILES string of the molecule is COc1cc(CNc2cccc(CNC=O)c2)ccn1. The minimum atomic E-state index is 0.530. The van der Waals surface area contributed by atoms with Gasteiger partial charge < -0.3 is 15.4 Å². The van der Waals surface area contributed by atoms with Gasteiger partial charge in [-0.1, -0.05) is 12.1 Å². The molecule has 0 radical (unpaired) electrons. The van der Waals surface area contributed by atoms with Gasteiger partial charge in [0.15, 0.2) is 0 Å². The van der Waals surface area contributed by atoms with E-state index >= 15 is 0 Å². The average Bonchev–Trinajstić information content (AvgIpc) is 2.51. The van der Waals surface area contributed by atoms with Gasteiger partial charge in [-0.3, -0.25) is 4.79 Å². The number of carbonyl (C=O) groups is 1. The summed E-state index contributed by atoms with van der Waals surface area (Å²) in [6.07, 6.45) is 2.42. The lowest BCUT2D eigenvalue weighted by Gasteiger charge is -2.09. The summed E-state index contributed by atoms with van der Waals surface area (Å²) < 4.78 is 5.09. The molecule has 0 aliphatic rings. The van der Waals surface area contributed by atoms with Crippen LogP contribution in [0.1, 0.15) is 11.1 Å². The molecule has 0 atom stereocenters. The van der Waals surface area contributed by atoms with E-state index in [4.69, 9.17) is 4.74 Å². The summed E-state index contributed by atoms with van der Waals surface area (Å²) >= 11 is 0. The van der Waals surface area contributed by atoms with Crippen LogP contribution < -0.4 is 15.4 Å². The zero-order valence-electron chi connectivity index (χ0n) is 11.3. The number of hydrogen-bond acceptors (Lipinski definition) is 4. The van der Waals surface area contributed by atoms with Gasteiger partial charge in [-0.2, -0.15) is 0 Å². The first-order chi connectivity index (χ1) is 9.81. The largest absolute Gasteiger partial charge is 0.481 e. The van der Waals surface area contributed by atoms with E-state index in [0.29, 0.717) is 25.4 Å². The normalized spacial score (nSPS) is 9.85. The summed E-state index contributed by atoms with van der Waals surface area (Å²) in [4.78, 5) is 14.4. The van der Waals surface area contributed by atoms with Crippen molar-refractivity contribution in [1.29, 1.82) is 0 Å². The van der Waals surface area contributed by atoms with Crippen LogP contribution in [-0.2, 0) is 17.9 Å². The maximum absolute atomic E-state index is 10.3. The van der Waals surface area contributed by atoms with Crippen LogP contribution in [0.3, 0.4) is 0 Å². The van der Waals surface area contributed by atoms with Crippen LogP contribution in [0.2, 0.25) is 0 Å². The molecule has 0 fully saturated rings. The highest BCUT2D eigenvalue weighted by atomic mass is 16.5. The molecular formula is C15H17N3O2. The van der Waals surface area contributed by atoms with Gasteiger partial charge in [0.1, 0.15) is 0 Å². The van der Waals surface area contributed by atoms with E-state index < -0.39 is 0 Å². The number of amides is 1. The molecule has 0 saturated carbocycles. The fourth-order valence-electron chi connectivity index (χ4n) is 1.83. The number of carbonyl (C=O) groups excluding carboxylic acids is 1. The van der Waals surface area contributed by atoms with E-state index in [1.54, 1.807) is 13.3 Å². The molecule has 1 aromatic heterocycles. The number of pyridine rings is 1. The Morgan fingerprint density at radius 2 is 2.05 bits per heavy atom. The molecule has 20 heavy (non-hydrogen) atoms. The molecule has 1 heterocycles. The molecule has 0 saturated heterocycles. The fourth-order valence-corrected chi connectivity index (χ4v) is 1.83. The molecule has 5 nitrogen and oxygen atoms in total. The minimum absolute atomic E-state index is 0.530. The molecule has 0 aliphatic heterocycles. The van der Waals surface area contributed by atoms with Gasteiger partial charge in [-0.05, 0) is 29.3 Å². The van der Waals surface area contributed by atoms with E-state index in [1.165, 1.54) is 0 Å². The van der Waals surface area contributed by atoms with Crippen molar-refractivity contribution < 1.29 is 9.53 Å². The Morgan fingerprint density at radius 3 is 2.85 bits per heavy atom. The molecule has 2 N–H and O–H groups in total. The lowest BCUT2D eigenvalue weighted by Crippen LogP contribution is -2.10. The van der Waals surface area contributed by atoms with Crippen LogP contribution in [0.5, 0.6) is 5.88 Å². The third kappa shape index (κ3) is 3.98. The summed E-state index contributed by atoms with van der Waals surface area (Å²) in [5, 5.41) is 5.98. The van der Waals surface area contributed by atoms with Crippen molar-refractivity contribution in [2.75, 3.05) is 12.4 Å². The predicted molar refractivity (Wildman–Crippen MR) is 77.5 cm³/mol. The van der Waals surface area contributed by atoms with E-state index in [9.17, 15) is 4.79 Å². The Balaban J connectivity index is 1.97. The topological polar surface area (TPSA) is 63.2 Å². The van der Waals surface area contributed by atoms with E-state index in [-0.39, 0.29) is 0 Å². The van der Waals surface area contributed by atoms with Gasteiger partial charge in [0.2, 0.25) is 12.3 Å². The van der Waals surface area contributed by atoms with Crippen molar-refractivity contribution in [2.24, 2.45) is 0 Å². The molecule has 2 aromatic rings.